The fourth-order valence-electron chi connectivity index (χ4n) is 2.55. The molecule has 0 aliphatic carbocycles. The predicted molar refractivity (Wildman–Crippen MR) is 82.3 cm³/mol. The summed E-state index contributed by atoms with van der Waals surface area (Å²) in [6.07, 6.45) is 1.55. The molecule has 0 saturated heterocycles. The number of nitrogens with zero attached hydrogens (tertiary/aromatic N) is 1. The largest absolute Gasteiger partial charge is 0.389 e. The van der Waals surface area contributed by atoms with Gasteiger partial charge < -0.3 is 19.7 Å². The minimum Gasteiger partial charge on any atom is -0.389 e. The molecule has 21 heavy (non-hydrogen) atoms. The Morgan fingerprint density at radius 1 is 1.48 bits per heavy atom. The summed E-state index contributed by atoms with van der Waals surface area (Å²) in [6, 6.07) is 6.03. The fraction of sp³-hybridized carbons (Fsp3) is 0.438. The lowest BCUT2D eigenvalue weighted by molar-refractivity contribution is -0.130. The maximum Gasteiger partial charge on any atom is 0.226 e. The first-order valence-corrected chi connectivity index (χ1v) is 6.99. The van der Waals surface area contributed by atoms with E-state index in [9.17, 15) is 9.90 Å². The number of methoxy groups -OCH3 is 1. The van der Waals surface area contributed by atoms with Crippen molar-refractivity contribution in [3.8, 4) is 0 Å². The number of benzene rings is 1. The van der Waals surface area contributed by atoms with Crippen LogP contribution >= 0.6 is 0 Å². The monoisotopic (exact) mass is 290 g/mol. The number of amides is 1. The summed E-state index contributed by atoms with van der Waals surface area (Å²) in [5.74, 6) is -0.0192. The lowest BCUT2D eigenvalue weighted by Gasteiger charge is -2.20. The molecule has 0 saturated carbocycles. The molecule has 0 aliphatic rings. The third-order valence-corrected chi connectivity index (χ3v) is 3.61. The summed E-state index contributed by atoms with van der Waals surface area (Å²) in [5, 5.41) is 10.8. The second-order valence-electron chi connectivity index (χ2n) is 5.37. The zero-order valence-corrected chi connectivity index (χ0v) is 12.7. The molecular weight excluding hydrogens is 268 g/mol. The molecule has 1 heterocycles. The third-order valence-electron chi connectivity index (χ3n) is 3.61. The van der Waals surface area contributed by atoms with Crippen LogP contribution in [0.15, 0.2) is 24.4 Å². The average molecular weight is 290 g/mol. The van der Waals surface area contributed by atoms with Gasteiger partial charge in [-0.2, -0.15) is 0 Å². The van der Waals surface area contributed by atoms with E-state index >= 15 is 0 Å². The molecule has 1 amide bonds. The van der Waals surface area contributed by atoms with Gasteiger partial charge >= 0.3 is 0 Å². The molecule has 5 nitrogen and oxygen atoms in total. The van der Waals surface area contributed by atoms with E-state index in [1.165, 1.54) is 7.11 Å². The zero-order valence-electron chi connectivity index (χ0n) is 12.7. The molecule has 0 radical (unpaired) electrons. The highest BCUT2D eigenvalue weighted by molar-refractivity contribution is 5.90. The number of aromatic amines is 1. The van der Waals surface area contributed by atoms with Crippen molar-refractivity contribution in [3.63, 3.8) is 0 Å². The van der Waals surface area contributed by atoms with Crippen LogP contribution in [0.2, 0.25) is 0 Å². The highest BCUT2D eigenvalue weighted by Gasteiger charge is 2.16. The quantitative estimate of drug-likeness (QED) is 0.847. The maximum atomic E-state index is 12.3. The first-order chi connectivity index (χ1) is 10.0. The summed E-state index contributed by atoms with van der Waals surface area (Å²) in [5.41, 5.74) is 3.18. The number of rotatable bonds is 6. The Balaban J connectivity index is 2.08. The zero-order chi connectivity index (χ0) is 15.4. The fourth-order valence-corrected chi connectivity index (χ4v) is 2.55. The van der Waals surface area contributed by atoms with Crippen LogP contribution in [0, 0.1) is 6.92 Å². The third kappa shape index (κ3) is 3.62. The molecule has 1 atom stereocenters. The van der Waals surface area contributed by atoms with Crippen molar-refractivity contribution in [2.24, 2.45) is 0 Å². The van der Waals surface area contributed by atoms with E-state index in [4.69, 9.17) is 4.74 Å². The Morgan fingerprint density at radius 3 is 2.95 bits per heavy atom. The molecule has 1 aromatic heterocycles. The van der Waals surface area contributed by atoms with E-state index < -0.39 is 6.10 Å². The number of aliphatic hydroxyl groups is 1. The van der Waals surface area contributed by atoms with E-state index in [0.717, 1.165) is 22.0 Å². The average Bonchev–Trinajstić information content (AvgIpc) is 2.83. The van der Waals surface area contributed by atoms with Crippen LogP contribution in [0.25, 0.3) is 10.9 Å². The van der Waals surface area contributed by atoms with Gasteiger partial charge in [0.15, 0.2) is 0 Å². The maximum absolute atomic E-state index is 12.3. The summed E-state index contributed by atoms with van der Waals surface area (Å²) in [7, 11) is 3.22. The van der Waals surface area contributed by atoms with Crippen molar-refractivity contribution in [2.75, 3.05) is 27.3 Å². The van der Waals surface area contributed by atoms with Gasteiger partial charge in [0.1, 0.15) is 0 Å². The first-order valence-electron chi connectivity index (χ1n) is 6.99. The van der Waals surface area contributed by atoms with Crippen molar-refractivity contribution >= 4 is 16.8 Å². The van der Waals surface area contributed by atoms with E-state index in [-0.39, 0.29) is 19.1 Å². The minimum absolute atomic E-state index is 0.0192. The summed E-state index contributed by atoms with van der Waals surface area (Å²) in [6.45, 7) is 2.54. The second kappa shape index (κ2) is 6.74. The molecular formula is C16H22N2O3. The summed E-state index contributed by atoms with van der Waals surface area (Å²) >= 11 is 0. The molecule has 5 heteroatoms. The molecule has 1 aromatic carbocycles. The number of aliphatic hydroxyl groups excluding tert-OH is 1. The second-order valence-corrected chi connectivity index (χ2v) is 5.37. The number of aryl methyl sites for hydroxylation is 1. The predicted octanol–water partition coefficient (Wildman–Crippen LogP) is 1.48. The molecule has 0 bridgehead atoms. The Kier molecular flexibility index (Phi) is 4.98. The van der Waals surface area contributed by atoms with Crippen molar-refractivity contribution in [1.82, 2.24) is 9.88 Å². The van der Waals surface area contributed by atoms with Crippen molar-refractivity contribution in [1.29, 1.82) is 0 Å². The summed E-state index contributed by atoms with van der Waals surface area (Å²) < 4.78 is 4.87. The molecule has 0 fully saturated rings. The van der Waals surface area contributed by atoms with Gasteiger partial charge in [-0.3, -0.25) is 4.79 Å². The van der Waals surface area contributed by atoms with Crippen LogP contribution < -0.4 is 0 Å². The van der Waals surface area contributed by atoms with Gasteiger partial charge in [0.25, 0.3) is 0 Å². The lowest BCUT2D eigenvalue weighted by Crippen LogP contribution is -2.37. The number of carbonyl (C=O) groups is 1. The van der Waals surface area contributed by atoms with E-state index in [1.807, 2.05) is 31.3 Å². The molecule has 114 valence electrons. The number of fused-ring (bicyclic) bond motifs is 1. The Bertz CT molecular complexity index is 621. The Morgan fingerprint density at radius 2 is 2.24 bits per heavy atom. The highest BCUT2D eigenvalue weighted by Crippen LogP contribution is 2.22. The topological polar surface area (TPSA) is 65.6 Å². The number of likely N-dealkylation sites (N-methyl/N-ethyl adjacent to an activating group) is 1. The normalized spacial score (nSPS) is 12.6. The van der Waals surface area contributed by atoms with Gasteiger partial charge in [0.2, 0.25) is 5.91 Å². The number of nitrogens with one attached hydrogen (secondary N) is 1. The van der Waals surface area contributed by atoms with Crippen molar-refractivity contribution < 1.29 is 14.6 Å². The highest BCUT2D eigenvalue weighted by atomic mass is 16.5. The van der Waals surface area contributed by atoms with Gasteiger partial charge in [0, 0.05) is 37.8 Å². The number of hydrogen-bond donors (Lipinski definition) is 2. The number of hydrogen-bond acceptors (Lipinski definition) is 3. The van der Waals surface area contributed by atoms with Gasteiger partial charge in [-0.25, -0.2) is 0 Å². The number of carbonyl (C=O) groups excluding carboxylic acids is 1. The van der Waals surface area contributed by atoms with E-state index in [1.54, 1.807) is 11.9 Å². The van der Waals surface area contributed by atoms with Gasteiger partial charge in [-0.1, -0.05) is 12.1 Å². The minimum atomic E-state index is -0.659. The van der Waals surface area contributed by atoms with Crippen molar-refractivity contribution in [2.45, 2.75) is 19.4 Å². The Hall–Kier alpha value is -1.85. The first kappa shape index (κ1) is 15.5. The van der Waals surface area contributed by atoms with Crippen LogP contribution in [-0.4, -0.2) is 54.3 Å². The van der Waals surface area contributed by atoms with Gasteiger partial charge in [-0.15, -0.1) is 0 Å². The van der Waals surface area contributed by atoms with Crippen LogP contribution in [0.4, 0.5) is 0 Å². The van der Waals surface area contributed by atoms with Gasteiger partial charge in [-0.05, 0) is 24.1 Å². The molecule has 1 unspecified atom stereocenters. The van der Waals surface area contributed by atoms with Crippen LogP contribution in [0.1, 0.15) is 11.1 Å². The van der Waals surface area contributed by atoms with Gasteiger partial charge in [0.05, 0.1) is 19.1 Å². The molecule has 2 N–H and O–H groups in total. The van der Waals surface area contributed by atoms with Crippen molar-refractivity contribution in [3.05, 3.63) is 35.5 Å². The van der Waals surface area contributed by atoms with E-state index in [0.29, 0.717) is 6.42 Å². The molecule has 2 rings (SSSR count). The summed E-state index contributed by atoms with van der Waals surface area (Å²) in [4.78, 5) is 17.0. The van der Waals surface area contributed by atoms with E-state index in [2.05, 4.69) is 4.98 Å². The smallest absolute Gasteiger partial charge is 0.226 e. The van der Waals surface area contributed by atoms with Crippen LogP contribution in [0.3, 0.4) is 0 Å². The standard InChI is InChI=1S/C16H22N2O3/c1-11-5-4-6-14-16(11)12(8-17-14)7-15(20)18(2)9-13(19)10-21-3/h4-6,8,13,17,19H,7,9-10H2,1-3H3. The lowest BCUT2D eigenvalue weighted by atomic mass is 10.0. The Labute approximate surface area is 124 Å². The molecule has 0 spiro atoms. The number of H-pyrrole nitrogens is 1. The number of aromatic nitrogens is 1. The number of ether oxygens (including phenoxy) is 1. The molecule has 2 aromatic rings. The SMILES string of the molecule is COCC(O)CN(C)C(=O)Cc1c[nH]c2cccc(C)c12. The molecule has 0 aliphatic heterocycles. The van der Waals surface area contributed by atoms with Crippen LogP contribution in [-0.2, 0) is 16.0 Å². The van der Waals surface area contributed by atoms with Crippen LogP contribution in [0.5, 0.6) is 0 Å².